The number of fused-ring (bicyclic) bond motifs is 1. The van der Waals surface area contributed by atoms with Crippen LogP contribution in [0.1, 0.15) is 28.5 Å². The molecule has 1 heterocycles. The second-order valence-corrected chi connectivity index (χ2v) is 6.49. The maximum Gasteiger partial charge on any atom is 0.355 e. The van der Waals surface area contributed by atoms with Crippen molar-refractivity contribution in [1.82, 2.24) is 4.98 Å². The lowest BCUT2D eigenvalue weighted by Crippen LogP contribution is -2.07. The average Bonchev–Trinajstić information content (AvgIpc) is 2.98. The van der Waals surface area contributed by atoms with Crippen molar-refractivity contribution in [2.24, 2.45) is 0 Å². The molecule has 0 spiro atoms. The van der Waals surface area contributed by atoms with Crippen molar-refractivity contribution >= 4 is 57.7 Å². The lowest BCUT2D eigenvalue weighted by Gasteiger charge is -2.05. The van der Waals surface area contributed by atoms with E-state index in [9.17, 15) is 14.7 Å². The molecule has 0 bridgehead atoms. The van der Waals surface area contributed by atoms with Crippen molar-refractivity contribution in [3.8, 4) is 0 Å². The minimum absolute atomic E-state index is 0.0353. The Morgan fingerprint density at radius 2 is 1.81 bits per heavy atom. The number of ether oxygens (including phenoxy) is 1. The molecule has 0 aliphatic rings. The Morgan fingerprint density at radius 3 is 2.44 bits per heavy atom. The van der Waals surface area contributed by atoms with Crippen LogP contribution in [0.25, 0.3) is 22.6 Å². The van der Waals surface area contributed by atoms with E-state index in [2.05, 4.69) is 4.98 Å². The number of carboxylic acids is 1. The summed E-state index contributed by atoms with van der Waals surface area (Å²) in [6.07, 6.45) is 1.44. The van der Waals surface area contributed by atoms with E-state index < -0.39 is 11.9 Å². The maximum absolute atomic E-state index is 12.4. The number of carboxylic acid groups (broad SMARTS) is 1. The van der Waals surface area contributed by atoms with Crippen LogP contribution in [0.15, 0.2) is 42.5 Å². The summed E-state index contributed by atoms with van der Waals surface area (Å²) < 4.78 is 5.09. The van der Waals surface area contributed by atoms with Gasteiger partial charge < -0.3 is 14.8 Å². The number of hydrogen-bond acceptors (Lipinski definition) is 3. The van der Waals surface area contributed by atoms with Gasteiger partial charge in [-0.05, 0) is 30.7 Å². The molecular formula is C20H15Cl2NO4. The number of carbonyl (C=O) groups excluding carboxylic acids is 1. The summed E-state index contributed by atoms with van der Waals surface area (Å²) in [6, 6.07) is 11.8. The van der Waals surface area contributed by atoms with E-state index in [4.69, 9.17) is 27.9 Å². The summed E-state index contributed by atoms with van der Waals surface area (Å²) >= 11 is 12.2. The Balaban J connectivity index is 2.30. The molecule has 0 aliphatic heterocycles. The number of esters is 1. The van der Waals surface area contributed by atoms with Crippen molar-refractivity contribution in [3.05, 3.63) is 69.3 Å². The van der Waals surface area contributed by atoms with Crippen LogP contribution in [-0.2, 0) is 9.53 Å². The highest BCUT2D eigenvalue weighted by molar-refractivity contribution is 6.43. The molecule has 138 valence electrons. The van der Waals surface area contributed by atoms with Gasteiger partial charge in [0.15, 0.2) is 0 Å². The quantitative estimate of drug-likeness (QED) is 0.448. The third-order valence-electron chi connectivity index (χ3n) is 3.96. The highest BCUT2D eigenvalue weighted by Gasteiger charge is 2.21. The number of rotatable bonds is 5. The fourth-order valence-corrected chi connectivity index (χ4v) is 3.08. The van der Waals surface area contributed by atoms with Gasteiger partial charge in [-0.15, -0.1) is 0 Å². The van der Waals surface area contributed by atoms with Crippen molar-refractivity contribution in [2.45, 2.75) is 6.92 Å². The first kappa shape index (κ1) is 19.0. The monoisotopic (exact) mass is 403 g/mol. The molecule has 0 amide bonds. The molecule has 5 nitrogen and oxygen atoms in total. The van der Waals surface area contributed by atoms with Gasteiger partial charge in [-0.3, -0.25) is 0 Å². The third-order valence-corrected chi connectivity index (χ3v) is 4.69. The summed E-state index contributed by atoms with van der Waals surface area (Å²) in [5.41, 5.74) is 1.61. The number of benzene rings is 2. The van der Waals surface area contributed by atoms with Gasteiger partial charge >= 0.3 is 11.9 Å². The highest BCUT2D eigenvalue weighted by atomic mass is 35.5. The standard InChI is InChI=1S/C20H15Cl2NO4/c1-2-27-20(26)18-14(13-9-15(21)16(22)10-17(13)23-18)8-12(19(24)25)11-6-4-3-5-7-11/h3-10,23H,2H2,1H3,(H,24,25)/b12-8-. The molecule has 0 unspecified atom stereocenters. The number of aromatic nitrogens is 1. The first-order valence-corrected chi connectivity index (χ1v) is 8.86. The second kappa shape index (κ2) is 7.86. The van der Waals surface area contributed by atoms with Crippen LogP contribution in [0.4, 0.5) is 0 Å². The molecule has 0 fully saturated rings. The zero-order chi connectivity index (χ0) is 19.6. The van der Waals surface area contributed by atoms with E-state index in [-0.39, 0.29) is 17.9 Å². The molecule has 0 aliphatic carbocycles. The fourth-order valence-electron chi connectivity index (χ4n) is 2.75. The number of nitrogens with one attached hydrogen (secondary N) is 1. The first-order valence-electron chi connectivity index (χ1n) is 8.10. The minimum Gasteiger partial charge on any atom is -0.478 e. The number of aromatic amines is 1. The normalized spacial score (nSPS) is 11.6. The van der Waals surface area contributed by atoms with E-state index in [1.165, 1.54) is 6.08 Å². The minimum atomic E-state index is -1.12. The van der Waals surface area contributed by atoms with Crippen LogP contribution >= 0.6 is 23.2 Å². The van der Waals surface area contributed by atoms with Gasteiger partial charge in [0, 0.05) is 16.5 Å². The molecule has 0 atom stereocenters. The Bertz CT molecular complexity index is 1050. The number of hydrogen-bond donors (Lipinski definition) is 2. The van der Waals surface area contributed by atoms with Crippen LogP contribution < -0.4 is 0 Å². The third kappa shape index (κ3) is 3.84. The van der Waals surface area contributed by atoms with Crippen molar-refractivity contribution in [1.29, 1.82) is 0 Å². The molecule has 0 saturated carbocycles. The first-order chi connectivity index (χ1) is 12.9. The van der Waals surface area contributed by atoms with Crippen LogP contribution in [0.5, 0.6) is 0 Å². The van der Waals surface area contributed by atoms with Crippen molar-refractivity contribution in [3.63, 3.8) is 0 Å². The Hall–Kier alpha value is -2.76. The Kier molecular flexibility index (Phi) is 5.54. The van der Waals surface area contributed by atoms with Gasteiger partial charge in [-0.2, -0.15) is 0 Å². The molecule has 7 heteroatoms. The maximum atomic E-state index is 12.4. The number of H-pyrrole nitrogens is 1. The fraction of sp³-hybridized carbons (Fsp3) is 0.100. The number of carbonyl (C=O) groups is 2. The molecule has 1 aromatic heterocycles. The molecule has 3 rings (SSSR count). The van der Waals surface area contributed by atoms with Crippen molar-refractivity contribution < 1.29 is 19.4 Å². The predicted molar refractivity (Wildman–Crippen MR) is 106 cm³/mol. The summed E-state index contributed by atoms with van der Waals surface area (Å²) in [7, 11) is 0. The van der Waals surface area contributed by atoms with Crippen LogP contribution in [0.2, 0.25) is 10.0 Å². The molecule has 3 aromatic rings. The van der Waals surface area contributed by atoms with E-state index in [1.54, 1.807) is 49.4 Å². The number of halogens is 2. The summed E-state index contributed by atoms with van der Waals surface area (Å²) in [5, 5.41) is 10.9. The summed E-state index contributed by atoms with van der Waals surface area (Å²) in [6.45, 7) is 1.87. The zero-order valence-electron chi connectivity index (χ0n) is 14.3. The SMILES string of the molecule is CCOC(=O)c1[nH]c2cc(Cl)c(Cl)cc2c1/C=C(\C(=O)O)c1ccccc1. The second-order valence-electron chi connectivity index (χ2n) is 5.68. The van der Waals surface area contributed by atoms with Gasteiger partial charge in [-0.1, -0.05) is 53.5 Å². The lowest BCUT2D eigenvalue weighted by molar-refractivity contribution is -0.130. The Labute approximate surface area is 165 Å². The van der Waals surface area contributed by atoms with Crippen LogP contribution in [0.3, 0.4) is 0 Å². The molecule has 0 radical (unpaired) electrons. The predicted octanol–water partition coefficient (Wildman–Crippen LogP) is 5.28. The van der Waals surface area contributed by atoms with E-state index in [0.717, 1.165) is 0 Å². The molecule has 0 saturated heterocycles. The van der Waals surface area contributed by atoms with Gasteiger partial charge in [0.1, 0.15) is 5.69 Å². The smallest absolute Gasteiger partial charge is 0.355 e. The summed E-state index contributed by atoms with van der Waals surface area (Å²) in [4.78, 5) is 27.2. The van der Waals surface area contributed by atoms with E-state index >= 15 is 0 Å². The molecule has 27 heavy (non-hydrogen) atoms. The molecule has 2 aromatic carbocycles. The van der Waals surface area contributed by atoms with Gasteiger partial charge in [0.05, 0.1) is 22.2 Å². The van der Waals surface area contributed by atoms with Crippen molar-refractivity contribution in [2.75, 3.05) is 6.61 Å². The average molecular weight is 404 g/mol. The topological polar surface area (TPSA) is 79.4 Å². The summed E-state index contributed by atoms with van der Waals surface area (Å²) in [5.74, 6) is -1.71. The van der Waals surface area contributed by atoms with Gasteiger partial charge in [0.2, 0.25) is 0 Å². The van der Waals surface area contributed by atoms with Gasteiger partial charge in [-0.25, -0.2) is 9.59 Å². The largest absolute Gasteiger partial charge is 0.478 e. The van der Waals surface area contributed by atoms with E-state index in [1.807, 2.05) is 0 Å². The van der Waals surface area contributed by atoms with Crippen LogP contribution in [0, 0.1) is 0 Å². The molecular weight excluding hydrogens is 389 g/mol. The van der Waals surface area contributed by atoms with E-state index in [0.29, 0.717) is 32.1 Å². The van der Waals surface area contributed by atoms with Crippen LogP contribution in [-0.4, -0.2) is 28.6 Å². The highest BCUT2D eigenvalue weighted by Crippen LogP contribution is 2.33. The number of aliphatic carboxylic acids is 1. The molecule has 2 N–H and O–H groups in total. The van der Waals surface area contributed by atoms with Gasteiger partial charge in [0.25, 0.3) is 0 Å². The zero-order valence-corrected chi connectivity index (χ0v) is 15.8. The Morgan fingerprint density at radius 1 is 1.15 bits per heavy atom. The lowest BCUT2D eigenvalue weighted by atomic mass is 10.0.